The molecule has 4 aromatic rings. The van der Waals surface area contributed by atoms with Gasteiger partial charge in [0.2, 0.25) is 0 Å². The number of nitrogen functional groups attached to an aromatic ring is 1. The number of nitrogens with zero attached hydrogens (tertiary/aromatic N) is 3. The number of nitrogens with one attached hydrogen (secondary N) is 1. The van der Waals surface area contributed by atoms with E-state index in [0.717, 1.165) is 11.1 Å². The highest BCUT2D eigenvalue weighted by atomic mass is 35.5. The molecule has 2 unspecified atom stereocenters. The number of aliphatic hydroxyl groups excluding tert-OH is 1. The van der Waals surface area contributed by atoms with Gasteiger partial charge in [0.15, 0.2) is 0 Å². The van der Waals surface area contributed by atoms with Crippen molar-refractivity contribution >= 4 is 44.2 Å². The van der Waals surface area contributed by atoms with Crippen molar-refractivity contribution in [3.63, 3.8) is 0 Å². The van der Waals surface area contributed by atoms with Gasteiger partial charge >= 0.3 is 0 Å². The molecule has 0 saturated carbocycles. The highest BCUT2D eigenvalue weighted by Crippen LogP contribution is 2.38. The fourth-order valence-corrected chi connectivity index (χ4v) is 5.40. The van der Waals surface area contributed by atoms with Crippen LogP contribution in [0.4, 0.5) is 11.5 Å². The van der Waals surface area contributed by atoms with Gasteiger partial charge in [0.1, 0.15) is 17.8 Å². The van der Waals surface area contributed by atoms with Crippen molar-refractivity contribution in [3.05, 3.63) is 78.2 Å². The second-order valence-corrected chi connectivity index (χ2v) is 9.87. The zero-order chi connectivity index (χ0) is 23.2. The third kappa shape index (κ3) is 3.95. The summed E-state index contributed by atoms with van der Waals surface area (Å²) in [6.45, 7) is 0. The van der Waals surface area contributed by atoms with Crippen LogP contribution >= 0.6 is 11.6 Å². The monoisotopic (exact) mass is 481 g/mol. The van der Waals surface area contributed by atoms with Crippen LogP contribution in [0.3, 0.4) is 0 Å². The molecule has 0 aliphatic heterocycles. The van der Waals surface area contributed by atoms with Gasteiger partial charge in [-0.15, -0.1) is 0 Å². The highest BCUT2D eigenvalue weighted by molar-refractivity contribution is 7.92. The van der Waals surface area contributed by atoms with Crippen LogP contribution in [0.5, 0.6) is 0 Å². The van der Waals surface area contributed by atoms with Gasteiger partial charge in [-0.05, 0) is 29.8 Å². The number of rotatable bonds is 5. The molecular weight excluding hydrogens is 462 g/mol. The SMILES string of the molecule is Nc1ncnc2c1c(-c1ccc(NS(=O)(=O)c3ccccc3)c(Cl)c1)cn2C1C=CC(O)C1. The normalized spacial score (nSPS) is 18.1. The van der Waals surface area contributed by atoms with Crippen LogP contribution in [0.25, 0.3) is 22.2 Å². The van der Waals surface area contributed by atoms with Gasteiger partial charge in [0, 0.05) is 18.2 Å². The van der Waals surface area contributed by atoms with E-state index in [0.29, 0.717) is 23.3 Å². The lowest BCUT2D eigenvalue weighted by molar-refractivity contribution is 0.211. The second-order valence-electron chi connectivity index (χ2n) is 7.78. The molecule has 0 saturated heterocycles. The third-order valence-electron chi connectivity index (χ3n) is 5.61. The van der Waals surface area contributed by atoms with Crippen LogP contribution in [0.1, 0.15) is 12.5 Å². The summed E-state index contributed by atoms with van der Waals surface area (Å²) in [4.78, 5) is 8.69. The molecule has 8 nitrogen and oxygen atoms in total. The molecule has 0 amide bonds. The number of fused-ring (bicyclic) bond motifs is 1. The van der Waals surface area contributed by atoms with E-state index in [2.05, 4.69) is 14.7 Å². The number of aliphatic hydroxyl groups is 1. The quantitative estimate of drug-likeness (QED) is 0.370. The Bertz CT molecular complexity index is 1490. The summed E-state index contributed by atoms with van der Waals surface area (Å²) in [6.07, 6.45) is 7.02. The summed E-state index contributed by atoms with van der Waals surface area (Å²) in [5.41, 5.74) is 8.59. The largest absolute Gasteiger partial charge is 0.389 e. The van der Waals surface area contributed by atoms with Crippen molar-refractivity contribution in [2.75, 3.05) is 10.5 Å². The van der Waals surface area contributed by atoms with E-state index in [-0.39, 0.29) is 21.6 Å². The predicted molar refractivity (Wildman–Crippen MR) is 128 cm³/mol. The fraction of sp³-hybridized carbons (Fsp3) is 0.130. The lowest BCUT2D eigenvalue weighted by atomic mass is 10.1. The zero-order valence-electron chi connectivity index (χ0n) is 17.3. The van der Waals surface area contributed by atoms with E-state index in [4.69, 9.17) is 17.3 Å². The molecule has 33 heavy (non-hydrogen) atoms. The van der Waals surface area contributed by atoms with Gasteiger partial charge < -0.3 is 15.4 Å². The van der Waals surface area contributed by atoms with Crippen LogP contribution in [0.15, 0.2) is 78.1 Å². The fourth-order valence-electron chi connectivity index (χ4n) is 4.02. The molecule has 1 aliphatic rings. The summed E-state index contributed by atoms with van der Waals surface area (Å²) in [7, 11) is -3.78. The Kier molecular flexibility index (Phi) is 5.32. The van der Waals surface area contributed by atoms with Gasteiger partial charge in [-0.25, -0.2) is 18.4 Å². The Morgan fingerprint density at radius 2 is 1.91 bits per heavy atom. The van der Waals surface area contributed by atoms with Crippen molar-refractivity contribution in [1.82, 2.24) is 14.5 Å². The number of anilines is 2. The number of aromatic nitrogens is 3. The molecule has 168 valence electrons. The van der Waals surface area contributed by atoms with Crippen molar-refractivity contribution in [3.8, 4) is 11.1 Å². The van der Waals surface area contributed by atoms with E-state index in [1.807, 2.05) is 16.8 Å². The molecule has 1 aliphatic carbocycles. The first-order valence-corrected chi connectivity index (χ1v) is 12.0. The van der Waals surface area contributed by atoms with Crippen LogP contribution < -0.4 is 10.5 Å². The van der Waals surface area contributed by atoms with Gasteiger partial charge in [-0.3, -0.25) is 4.72 Å². The first-order valence-electron chi connectivity index (χ1n) is 10.2. The first-order chi connectivity index (χ1) is 15.8. The van der Waals surface area contributed by atoms with E-state index in [1.54, 1.807) is 42.5 Å². The van der Waals surface area contributed by atoms with E-state index in [1.165, 1.54) is 18.5 Å². The maximum atomic E-state index is 12.7. The van der Waals surface area contributed by atoms with E-state index >= 15 is 0 Å². The van der Waals surface area contributed by atoms with E-state index in [9.17, 15) is 13.5 Å². The maximum Gasteiger partial charge on any atom is 0.261 e. The number of hydrogen-bond donors (Lipinski definition) is 3. The average Bonchev–Trinajstić information content (AvgIpc) is 3.40. The smallest absolute Gasteiger partial charge is 0.261 e. The Hall–Kier alpha value is -3.40. The highest BCUT2D eigenvalue weighted by Gasteiger charge is 2.24. The van der Waals surface area contributed by atoms with Crippen molar-refractivity contribution < 1.29 is 13.5 Å². The Morgan fingerprint density at radius 3 is 2.61 bits per heavy atom. The Morgan fingerprint density at radius 1 is 1.12 bits per heavy atom. The van der Waals surface area contributed by atoms with Crippen molar-refractivity contribution in [2.45, 2.75) is 23.5 Å². The Balaban J connectivity index is 1.55. The molecule has 0 bridgehead atoms. The first kappa shape index (κ1) is 21.4. The van der Waals surface area contributed by atoms with Gasteiger partial charge in [0.25, 0.3) is 10.0 Å². The molecule has 4 N–H and O–H groups in total. The molecule has 2 aromatic heterocycles. The minimum absolute atomic E-state index is 0.0713. The molecule has 2 heterocycles. The van der Waals surface area contributed by atoms with Crippen LogP contribution in [0, 0.1) is 0 Å². The van der Waals surface area contributed by atoms with Crippen LogP contribution in [0.2, 0.25) is 5.02 Å². The molecule has 0 radical (unpaired) electrons. The third-order valence-corrected chi connectivity index (χ3v) is 7.31. The number of nitrogens with two attached hydrogens (primary N) is 1. The number of allylic oxidation sites excluding steroid dienone is 1. The minimum atomic E-state index is -3.78. The second kappa shape index (κ2) is 8.18. The number of halogens is 1. The minimum Gasteiger partial charge on any atom is -0.389 e. The molecule has 0 fully saturated rings. The summed E-state index contributed by atoms with van der Waals surface area (Å²) < 4.78 is 29.8. The number of benzene rings is 2. The van der Waals surface area contributed by atoms with Gasteiger partial charge in [-0.1, -0.05) is 48.0 Å². The van der Waals surface area contributed by atoms with Gasteiger partial charge in [0.05, 0.1) is 33.1 Å². The summed E-state index contributed by atoms with van der Waals surface area (Å²) in [6, 6.07) is 13.1. The summed E-state index contributed by atoms with van der Waals surface area (Å²) in [5.74, 6) is 0.321. The lowest BCUT2D eigenvalue weighted by Gasteiger charge is -2.12. The number of hydrogen-bond acceptors (Lipinski definition) is 6. The average molecular weight is 482 g/mol. The topological polar surface area (TPSA) is 123 Å². The number of sulfonamides is 1. The van der Waals surface area contributed by atoms with Crippen LogP contribution in [-0.2, 0) is 10.0 Å². The molecule has 2 atom stereocenters. The molecular formula is C23H20ClN5O3S. The van der Waals surface area contributed by atoms with E-state index < -0.39 is 16.1 Å². The molecule has 10 heteroatoms. The van der Waals surface area contributed by atoms with Crippen LogP contribution in [-0.4, -0.2) is 34.2 Å². The predicted octanol–water partition coefficient (Wildman–Crippen LogP) is 4.00. The standard InChI is InChI=1S/C23H20ClN5O3S/c24-19-10-14(6-9-20(19)28-33(31,32)17-4-2-1-3-5-17)18-12-29(15-7-8-16(30)11-15)23-21(18)22(25)26-13-27-23/h1-10,12-13,15-16,28,30H,11H2,(H2,25,26,27). The van der Waals surface area contributed by atoms with Crippen molar-refractivity contribution in [1.29, 1.82) is 0 Å². The van der Waals surface area contributed by atoms with Gasteiger partial charge in [-0.2, -0.15) is 0 Å². The Labute approximate surface area is 195 Å². The maximum absolute atomic E-state index is 12.7. The zero-order valence-corrected chi connectivity index (χ0v) is 18.8. The summed E-state index contributed by atoms with van der Waals surface area (Å²) in [5, 5.41) is 10.8. The van der Waals surface area contributed by atoms with Crippen molar-refractivity contribution in [2.24, 2.45) is 0 Å². The molecule has 0 spiro atoms. The molecule has 2 aromatic carbocycles. The lowest BCUT2D eigenvalue weighted by Crippen LogP contribution is -2.13. The summed E-state index contributed by atoms with van der Waals surface area (Å²) >= 11 is 6.48. The molecule has 5 rings (SSSR count).